The SMILES string of the molecule is CN=C(NCC(C)(C)c1ccc(OC)c(OC)c1)N1CCC(COCCOC)C1. The van der Waals surface area contributed by atoms with Crippen molar-refractivity contribution in [2.24, 2.45) is 10.9 Å². The van der Waals surface area contributed by atoms with Gasteiger partial charge in [0.15, 0.2) is 17.5 Å². The summed E-state index contributed by atoms with van der Waals surface area (Å²) in [5.41, 5.74) is 1.08. The van der Waals surface area contributed by atoms with Crippen LogP contribution in [0.2, 0.25) is 0 Å². The molecule has 2 rings (SSSR count). The largest absolute Gasteiger partial charge is 0.493 e. The Morgan fingerprint density at radius 3 is 2.59 bits per heavy atom. The minimum Gasteiger partial charge on any atom is -0.493 e. The van der Waals surface area contributed by atoms with Crippen LogP contribution >= 0.6 is 0 Å². The molecular weight excluding hydrogens is 370 g/mol. The molecule has 0 aliphatic carbocycles. The van der Waals surface area contributed by atoms with Gasteiger partial charge in [-0.1, -0.05) is 19.9 Å². The minimum absolute atomic E-state index is 0.0993. The van der Waals surface area contributed by atoms with Crippen molar-refractivity contribution >= 4 is 5.96 Å². The van der Waals surface area contributed by atoms with Crippen LogP contribution in [0, 0.1) is 5.92 Å². The first-order chi connectivity index (χ1) is 13.9. The summed E-state index contributed by atoms with van der Waals surface area (Å²) in [4.78, 5) is 6.81. The second-order valence-electron chi connectivity index (χ2n) is 8.02. The van der Waals surface area contributed by atoms with Crippen molar-refractivity contribution in [1.29, 1.82) is 0 Å². The summed E-state index contributed by atoms with van der Waals surface area (Å²) in [7, 11) is 6.85. The van der Waals surface area contributed by atoms with Crippen molar-refractivity contribution in [3.63, 3.8) is 0 Å². The van der Waals surface area contributed by atoms with Crippen LogP contribution in [0.4, 0.5) is 0 Å². The Hall–Kier alpha value is -1.99. The Balaban J connectivity index is 1.91. The molecule has 0 saturated carbocycles. The van der Waals surface area contributed by atoms with Gasteiger partial charge in [0.05, 0.1) is 34.0 Å². The summed E-state index contributed by atoms with van der Waals surface area (Å²) in [6, 6.07) is 6.10. The number of rotatable bonds is 10. The third-order valence-corrected chi connectivity index (χ3v) is 5.44. The molecule has 0 spiro atoms. The van der Waals surface area contributed by atoms with Crippen LogP contribution in [0.15, 0.2) is 23.2 Å². The first-order valence-electron chi connectivity index (χ1n) is 10.2. The number of hydrogen-bond donors (Lipinski definition) is 1. The standard InChI is InChI=1S/C22H37N3O4/c1-22(2,18-7-8-19(27-5)20(13-18)28-6)16-24-21(23-3)25-10-9-17(14-25)15-29-12-11-26-4/h7-8,13,17H,9-12,14-16H2,1-6H3,(H,23,24). The molecule has 7 nitrogen and oxygen atoms in total. The van der Waals surface area contributed by atoms with Gasteiger partial charge in [-0.15, -0.1) is 0 Å². The van der Waals surface area contributed by atoms with Crippen LogP contribution in [0.5, 0.6) is 11.5 Å². The predicted octanol–water partition coefficient (Wildman–Crippen LogP) is 2.54. The first-order valence-corrected chi connectivity index (χ1v) is 10.2. The molecule has 1 aliphatic heterocycles. The van der Waals surface area contributed by atoms with Crippen molar-refractivity contribution < 1.29 is 18.9 Å². The monoisotopic (exact) mass is 407 g/mol. The van der Waals surface area contributed by atoms with Gasteiger partial charge in [-0.2, -0.15) is 0 Å². The molecule has 7 heteroatoms. The van der Waals surface area contributed by atoms with Crippen LogP contribution in [0.1, 0.15) is 25.8 Å². The zero-order chi connectivity index (χ0) is 21.3. The fourth-order valence-corrected chi connectivity index (χ4v) is 3.54. The summed E-state index contributed by atoms with van der Waals surface area (Å²) in [6.07, 6.45) is 1.12. The van der Waals surface area contributed by atoms with E-state index < -0.39 is 0 Å². The van der Waals surface area contributed by atoms with E-state index in [-0.39, 0.29) is 5.41 Å². The van der Waals surface area contributed by atoms with Crippen LogP contribution in [-0.2, 0) is 14.9 Å². The molecule has 1 atom stereocenters. The Kier molecular flexibility index (Phi) is 9.04. The zero-order valence-corrected chi connectivity index (χ0v) is 18.8. The number of guanidine groups is 1. The molecule has 1 heterocycles. The molecule has 1 fully saturated rings. The number of ether oxygens (including phenoxy) is 4. The lowest BCUT2D eigenvalue weighted by Crippen LogP contribution is -2.45. The average molecular weight is 408 g/mol. The fourth-order valence-electron chi connectivity index (χ4n) is 3.54. The molecular formula is C22H37N3O4. The fraction of sp³-hybridized carbons (Fsp3) is 0.682. The summed E-state index contributed by atoms with van der Waals surface area (Å²) >= 11 is 0. The number of hydrogen-bond acceptors (Lipinski definition) is 5. The average Bonchev–Trinajstić information content (AvgIpc) is 3.19. The number of nitrogens with zero attached hydrogens (tertiary/aromatic N) is 2. The molecule has 164 valence electrons. The number of aliphatic imine (C=N–C) groups is 1. The van der Waals surface area contributed by atoms with Crippen LogP contribution < -0.4 is 14.8 Å². The topological polar surface area (TPSA) is 64.6 Å². The molecule has 1 aromatic carbocycles. The second kappa shape index (κ2) is 11.3. The number of methoxy groups -OCH3 is 3. The Labute approximate surface area is 175 Å². The van der Waals surface area contributed by atoms with E-state index in [1.807, 2.05) is 19.2 Å². The molecule has 1 N–H and O–H groups in total. The summed E-state index contributed by atoms with van der Waals surface area (Å²) < 4.78 is 21.5. The van der Waals surface area contributed by atoms with E-state index in [4.69, 9.17) is 18.9 Å². The van der Waals surface area contributed by atoms with Gasteiger partial charge in [-0.05, 0) is 24.1 Å². The Morgan fingerprint density at radius 2 is 1.93 bits per heavy atom. The smallest absolute Gasteiger partial charge is 0.193 e. The quantitative estimate of drug-likeness (QED) is 0.365. The molecule has 0 radical (unpaired) electrons. The van der Waals surface area contributed by atoms with Gasteiger partial charge in [-0.3, -0.25) is 4.99 Å². The maximum atomic E-state index is 5.70. The van der Waals surface area contributed by atoms with Gasteiger partial charge < -0.3 is 29.2 Å². The highest BCUT2D eigenvalue weighted by atomic mass is 16.5. The number of benzene rings is 1. The van der Waals surface area contributed by atoms with Crippen LogP contribution in [-0.4, -0.2) is 78.7 Å². The third-order valence-electron chi connectivity index (χ3n) is 5.44. The molecule has 0 amide bonds. The highest BCUT2D eigenvalue weighted by Gasteiger charge is 2.27. The number of likely N-dealkylation sites (tertiary alicyclic amines) is 1. The molecule has 0 aromatic heterocycles. The van der Waals surface area contributed by atoms with Gasteiger partial charge in [0.25, 0.3) is 0 Å². The lowest BCUT2D eigenvalue weighted by molar-refractivity contribution is 0.0536. The van der Waals surface area contributed by atoms with E-state index in [1.54, 1.807) is 21.3 Å². The summed E-state index contributed by atoms with van der Waals surface area (Å²) in [6.45, 7) is 9.22. The van der Waals surface area contributed by atoms with Crippen LogP contribution in [0.3, 0.4) is 0 Å². The number of nitrogens with one attached hydrogen (secondary N) is 1. The lowest BCUT2D eigenvalue weighted by atomic mass is 9.84. The van der Waals surface area contributed by atoms with Crippen LogP contribution in [0.25, 0.3) is 0 Å². The van der Waals surface area contributed by atoms with Crippen molar-refractivity contribution in [3.8, 4) is 11.5 Å². The molecule has 0 bridgehead atoms. The normalized spacial score (nSPS) is 17.5. The maximum absolute atomic E-state index is 5.70. The van der Waals surface area contributed by atoms with Gasteiger partial charge >= 0.3 is 0 Å². The highest BCUT2D eigenvalue weighted by molar-refractivity contribution is 5.80. The van der Waals surface area contributed by atoms with E-state index in [9.17, 15) is 0 Å². The molecule has 1 aromatic rings. The van der Waals surface area contributed by atoms with Gasteiger partial charge in [0, 0.05) is 45.1 Å². The van der Waals surface area contributed by atoms with Crippen molar-refractivity contribution in [2.45, 2.75) is 25.7 Å². The zero-order valence-electron chi connectivity index (χ0n) is 18.8. The van der Waals surface area contributed by atoms with Crippen molar-refractivity contribution in [1.82, 2.24) is 10.2 Å². The van der Waals surface area contributed by atoms with E-state index in [0.29, 0.717) is 19.1 Å². The summed E-state index contributed by atoms with van der Waals surface area (Å²) in [5.74, 6) is 2.96. The van der Waals surface area contributed by atoms with Gasteiger partial charge in [0.2, 0.25) is 0 Å². The Morgan fingerprint density at radius 1 is 1.17 bits per heavy atom. The second-order valence-corrected chi connectivity index (χ2v) is 8.02. The highest BCUT2D eigenvalue weighted by Crippen LogP contribution is 2.33. The Bertz CT molecular complexity index is 663. The predicted molar refractivity (Wildman–Crippen MR) is 116 cm³/mol. The van der Waals surface area contributed by atoms with Crippen molar-refractivity contribution in [3.05, 3.63) is 23.8 Å². The molecule has 29 heavy (non-hydrogen) atoms. The molecule has 1 saturated heterocycles. The van der Waals surface area contributed by atoms with Gasteiger partial charge in [0.1, 0.15) is 0 Å². The minimum atomic E-state index is -0.0993. The van der Waals surface area contributed by atoms with E-state index in [1.165, 1.54) is 5.56 Å². The van der Waals surface area contributed by atoms with Gasteiger partial charge in [-0.25, -0.2) is 0 Å². The van der Waals surface area contributed by atoms with E-state index >= 15 is 0 Å². The van der Waals surface area contributed by atoms with E-state index in [2.05, 4.69) is 35.1 Å². The lowest BCUT2D eigenvalue weighted by Gasteiger charge is -2.29. The van der Waals surface area contributed by atoms with Crippen molar-refractivity contribution in [2.75, 3.05) is 67.8 Å². The molecule has 1 unspecified atom stereocenters. The molecule has 1 aliphatic rings. The maximum Gasteiger partial charge on any atom is 0.193 e. The van der Waals surface area contributed by atoms with E-state index in [0.717, 1.165) is 50.1 Å². The first kappa shape index (κ1) is 23.3. The third kappa shape index (κ3) is 6.51. The summed E-state index contributed by atoms with van der Waals surface area (Å²) in [5, 5.41) is 3.56.